The molecule has 0 bridgehead atoms. The number of aryl methyl sites for hydroxylation is 1. The van der Waals surface area contributed by atoms with Gasteiger partial charge < -0.3 is 5.11 Å². The summed E-state index contributed by atoms with van der Waals surface area (Å²) < 4.78 is 0. The number of benzene rings is 1. The van der Waals surface area contributed by atoms with Crippen LogP contribution in [0.2, 0.25) is 0 Å². The molecule has 106 valence electrons. The Hall–Kier alpha value is -0.860. The molecule has 1 N–H and O–H groups in total. The number of aliphatic hydroxyl groups is 1. The number of rotatable bonds is 5. The van der Waals surface area contributed by atoms with Crippen molar-refractivity contribution in [2.75, 3.05) is 13.1 Å². The Labute approximate surface area is 117 Å². The average molecular weight is 261 g/mol. The fourth-order valence-electron chi connectivity index (χ4n) is 3.10. The molecule has 1 aliphatic carbocycles. The molecule has 1 saturated carbocycles. The molecule has 0 radical (unpaired) electrons. The highest BCUT2D eigenvalue weighted by Crippen LogP contribution is 2.24. The van der Waals surface area contributed by atoms with E-state index in [2.05, 4.69) is 43.0 Å². The molecule has 1 aromatic carbocycles. The number of hydrogen-bond donors (Lipinski definition) is 1. The van der Waals surface area contributed by atoms with Crippen LogP contribution in [0.1, 0.15) is 56.3 Å². The predicted molar refractivity (Wildman–Crippen MR) is 80.3 cm³/mol. The highest BCUT2D eigenvalue weighted by molar-refractivity contribution is 5.23. The Bertz CT molecular complexity index is 367. The lowest BCUT2D eigenvalue weighted by molar-refractivity contribution is 0.0766. The van der Waals surface area contributed by atoms with Crippen LogP contribution in [0.15, 0.2) is 24.3 Å². The molecule has 1 fully saturated rings. The molecule has 0 heterocycles. The minimum absolute atomic E-state index is 0.359. The molecule has 2 rings (SSSR count). The van der Waals surface area contributed by atoms with Gasteiger partial charge in [-0.3, -0.25) is 4.90 Å². The van der Waals surface area contributed by atoms with Crippen molar-refractivity contribution in [1.29, 1.82) is 0 Å². The highest BCUT2D eigenvalue weighted by Gasteiger charge is 2.22. The van der Waals surface area contributed by atoms with Gasteiger partial charge in [-0.15, -0.1) is 0 Å². The fourth-order valence-corrected chi connectivity index (χ4v) is 3.10. The second kappa shape index (κ2) is 7.06. The fraction of sp³-hybridized carbons (Fsp3) is 0.647. The normalized spacial score (nSPS) is 18.7. The maximum absolute atomic E-state index is 10.4. The third kappa shape index (κ3) is 4.05. The summed E-state index contributed by atoms with van der Waals surface area (Å²) in [4.78, 5) is 2.46. The largest absolute Gasteiger partial charge is 0.387 e. The Kier molecular flexibility index (Phi) is 5.41. The molecule has 1 aromatic rings. The first-order valence-electron chi connectivity index (χ1n) is 7.69. The van der Waals surface area contributed by atoms with Gasteiger partial charge in [0, 0.05) is 12.6 Å². The van der Waals surface area contributed by atoms with Crippen LogP contribution in [-0.4, -0.2) is 29.1 Å². The van der Waals surface area contributed by atoms with Gasteiger partial charge in [-0.05, 0) is 31.9 Å². The maximum Gasteiger partial charge on any atom is 0.0917 e. The Balaban J connectivity index is 1.95. The van der Waals surface area contributed by atoms with Crippen LogP contribution in [0.3, 0.4) is 0 Å². The lowest BCUT2D eigenvalue weighted by Crippen LogP contribution is -2.39. The molecule has 1 unspecified atom stereocenters. The third-order valence-electron chi connectivity index (χ3n) is 4.37. The standard InChI is InChI=1S/C17H27NO/c1-3-18(16-7-5-4-6-8-16)13-17(19)15-11-9-14(2)10-12-15/h9-12,16-17,19H,3-8,13H2,1-2H3. The summed E-state index contributed by atoms with van der Waals surface area (Å²) in [5.41, 5.74) is 2.29. The van der Waals surface area contributed by atoms with E-state index in [0.717, 1.165) is 18.7 Å². The molecule has 0 saturated heterocycles. The minimum atomic E-state index is -0.359. The number of hydrogen-bond acceptors (Lipinski definition) is 2. The van der Waals surface area contributed by atoms with Crippen LogP contribution < -0.4 is 0 Å². The van der Waals surface area contributed by atoms with E-state index in [1.807, 2.05) is 0 Å². The SMILES string of the molecule is CCN(CC(O)c1ccc(C)cc1)C1CCCCC1. The zero-order chi connectivity index (χ0) is 13.7. The second-order valence-corrected chi connectivity index (χ2v) is 5.81. The molecule has 0 amide bonds. The number of aliphatic hydroxyl groups excluding tert-OH is 1. The molecular formula is C17H27NO. The van der Waals surface area contributed by atoms with E-state index in [-0.39, 0.29) is 6.10 Å². The Morgan fingerprint density at radius 3 is 2.37 bits per heavy atom. The second-order valence-electron chi connectivity index (χ2n) is 5.81. The van der Waals surface area contributed by atoms with Crippen molar-refractivity contribution in [3.63, 3.8) is 0 Å². The van der Waals surface area contributed by atoms with Gasteiger partial charge in [0.1, 0.15) is 0 Å². The monoisotopic (exact) mass is 261 g/mol. The Morgan fingerprint density at radius 2 is 1.79 bits per heavy atom. The quantitative estimate of drug-likeness (QED) is 0.874. The van der Waals surface area contributed by atoms with Gasteiger partial charge in [0.2, 0.25) is 0 Å². The average Bonchev–Trinajstić information content (AvgIpc) is 2.46. The van der Waals surface area contributed by atoms with Crippen LogP contribution in [-0.2, 0) is 0 Å². The zero-order valence-corrected chi connectivity index (χ0v) is 12.3. The highest BCUT2D eigenvalue weighted by atomic mass is 16.3. The van der Waals surface area contributed by atoms with Crippen molar-refractivity contribution in [3.8, 4) is 0 Å². The summed E-state index contributed by atoms with van der Waals surface area (Å²) in [6.07, 6.45) is 6.32. The molecule has 0 aromatic heterocycles. The molecule has 19 heavy (non-hydrogen) atoms. The molecule has 2 heteroatoms. The first-order chi connectivity index (χ1) is 9.20. The summed E-state index contributed by atoms with van der Waals surface area (Å²) >= 11 is 0. The summed E-state index contributed by atoms with van der Waals surface area (Å²) in [6, 6.07) is 8.94. The first kappa shape index (κ1) is 14.5. The van der Waals surface area contributed by atoms with Gasteiger partial charge in [-0.1, -0.05) is 56.0 Å². The topological polar surface area (TPSA) is 23.5 Å². The molecule has 0 aliphatic heterocycles. The summed E-state index contributed by atoms with van der Waals surface area (Å²) in [5.74, 6) is 0. The van der Waals surface area contributed by atoms with Gasteiger partial charge in [0.15, 0.2) is 0 Å². The minimum Gasteiger partial charge on any atom is -0.387 e. The van der Waals surface area contributed by atoms with Crippen LogP contribution >= 0.6 is 0 Å². The van der Waals surface area contributed by atoms with Gasteiger partial charge in [-0.2, -0.15) is 0 Å². The van der Waals surface area contributed by atoms with Gasteiger partial charge >= 0.3 is 0 Å². The summed E-state index contributed by atoms with van der Waals surface area (Å²) in [5, 5.41) is 10.4. The van der Waals surface area contributed by atoms with Gasteiger partial charge in [0.05, 0.1) is 6.10 Å². The predicted octanol–water partition coefficient (Wildman–Crippen LogP) is 3.68. The molecular weight excluding hydrogens is 234 g/mol. The smallest absolute Gasteiger partial charge is 0.0917 e. The van der Waals surface area contributed by atoms with E-state index >= 15 is 0 Å². The summed E-state index contributed by atoms with van der Waals surface area (Å²) in [6.45, 7) is 6.09. The van der Waals surface area contributed by atoms with E-state index < -0.39 is 0 Å². The zero-order valence-electron chi connectivity index (χ0n) is 12.3. The van der Waals surface area contributed by atoms with Gasteiger partial charge in [0.25, 0.3) is 0 Å². The van der Waals surface area contributed by atoms with Crippen molar-refractivity contribution < 1.29 is 5.11 Å². The van der Waals surface area contributed by atoms with Crippen LogP contribution in [0.5, 0.6) is 0 Å². The van der Waals surface area contributed by atoms with Crippen molar-refractivity contribution in [2.24, 2.45) is 0 Å². The first-order valence-corrected chi connectivity index (χ1v) is 7.69. The van der Waals surface area contributed by atoms with Gasteiger partial charge in [-0.25, -0.2) is 0 Å². The maximum atomic E-state index is 10.4. The number of nitrogens with zero attached hydrogens (tertiary/aromatic N) is 1. The molecule has 2 nitrogen and oxygen atoms in total. The molecule has 0 spiro atoms. The van der Waals surface area contributed by atoms with E-state index in [4.69, 9.17) is 0 Å². The third-order valence-corrected chi connectivity index (χ3v) is 4.37. The molecule has 1 atom stereocenters. The van der Waals surface area contributed by atoms with E-state index in [9.17, 15) is 5.11 Å². The summed E-state index contributed by atoms with van der Waals surface area (Å²) in [7, 11) is 0. The van der Waals surface area contributed by atoms with E-state index in [1.54, 1.807) is 0 Å². The molecule has 1 aliphatic rings. The van der Waals surface area contributed by atoms with E-state index in [0.29, 0.717) is 6.04 Å². The van der Waals surface area contributed by atoms with Crippen molar-refractivity contribution in [3.05, 3.63) is 35.4 Å². The number of likely N-dealkylation sites (N-methyl/N-ethyl adjacent to an activating group) is 1. The lowest BCUT2D eigenvalue weighted by Gasteiger charge is -2.34. The Morgan fingerprint density at radius 1 is 1.16 bits per heavy atom. The van der Waals surface area contributed by atoms with Crippen molar-refractivity contribution in [2.45, 2.75) is 58.1 Å². The van der Waals surface area contributed by atoms with E-state index in [1.165, 1.54) is 37.7 Å². The van der Waals surface area contributed by atoms with Crippen molar-refractivity contribution in [1.82, 2.24) is 4.90 Å². The van der Waals surface area contributed by atoms with Crippen LogP contribution in [0.25, 0.3) is 0 Å². The van der Waals surface area contributed by atoms with Crippen molar-refractivity contribution >= 4 is 0 Å². The van der Waals surface area contributed by atoms with Crippen LogP contribution in [0.4, 0.5) is 0 Å². The lowest BCUT2D eigenvalue weighted by atomic mass is 9.93. The van der Waals surface area contributed by atoms with Crippen LogP contribution in [0, 0.1) is 6.92 Å².